The third-order valence-electron chi connectivity index (χ3n) is 4.21. The molecule has 0 aromatic heterocycles. The number of primary amides is 1. The molecule has 128 valence electrons. The van der Waals surface area contributed by atoms with Crippen LogP contribution in [-0.2, 0) is 11.2 Å². The molecule has 1 amide bonds. The number of hydrogen-bond donors (Lipinski definition) is 2. The number of nitrogens with zero attached hydrogens (tertiary/aromatic N) is 1. The Morgan fingerprint density at radius 2 is 1.69 bits per heavy atom. The number of carbonyl (C=O) groups is 1. The number of carbonyl (C=O) groups excluding carboxylic acids is 1. The lowest BCUT2D eigenvalue weighted by atomic mass is 9.92. The average molecular weight is 341 g/mol. The molecular formula is C22H19N3O. The number of rotatable bonds is 6. The van der Waals surface area contributed by atoms with Crippen LogP contribution in [0.5, 0.6) is 0 Å². The predicted molar refractivity (Wildman–Crippen MR) is 105 cm³/mol. The summed E-state index contributed by atoms with van der Waals surface area (Å²) in [6.45, 7) is 6.96. The topological polar surface area (TPSA) is 59.5 Å². The SMILES string of the molecule is [C-]#[N+]Nc1cccc(-c2ccc(-c3ccccc3)cc2CCC(N)=O)c1. The Balaban J connectivity index is 2.05. The van der Waals surface area contributed by atoms with Gasteiger partial charge in [0.15, 0.2) is 0 Å². The zero-order chi connectivity index (χ0) is 18.4. The van der Waals surface area contributed by atoms with Crippen LogP contribution in [0.4, 0.5) is 5.69 Å². The molecule has 0 bridgehead atoms. The molecule has 3 aromatic rings. The molecular weight excluding hydrogens is 322 g/mol. The smallest absolute Gasteiger partial charge is 0.217 e. The molecule has 0 atom stereocenters. The van der Waals surface area contributed by atoms with Crippen molar-refractivity contribution in [2.45, 2.75) is 12.8 Å². The van der Waals surface area contributed by atoms with E-state index >= 15 is 0 Å². The Morgan fingerprint density at radius 1 is 0.923 bits per heavy atom. The maximum Gasteiger partial charge on any atom is 0.217 e. The van der Waals surface area contributed by atoms with Crippen LogP contribution in [0, 0.1) is 6.57 Å². The summed E-state index contributed by atoms with van der Waals surface area (Å²) < 4.78 is 0. The Kier molecular flexibility index (Phi) is 5.31. The van der Waals surface area contributed by atoms with E-state index in [0.717, 1.165) is 33.5 Å². The lowest BCUT2D eigenvalue weighted by Crippen LogP contribution is -2.11. The van der Waals surface area contributed by atoms with Gasteiger partial charge in [0.2, 0.25) is 5.91 Å². The van der Waals surface area contributed by atoms with Gasteiger partial charge in [0.25, 0.3) is 0 Å². The van der Waals surface area contributed by atoms with E-state index in [4.69, 9.17) is 12.3 Å². The summed E-state index contributed by atoms with van der Waals surface area (Å²) in [5.41, 5.74) is 14.1. The molecule has 0 heterocycles. The second-order valence-electron chi connectivity index (χ2n) is 6.01. The van der Waals surface area contributed by atoms with Crippen molar-refractivity contribution >= 4 is 11.6 Å². The Labute approximate surface area is 153 Å². The van der Waals surface area contributed by atoms with Crippen LogP contribution in [0.2, 0.25) is 0 Å². The average Bonchev–Trinajstić information content (AvgIpc) is 2.67. The molecule has 0 aliphatic carbocycles. The lowest BCUT2D eigenvalue weighted by molar-refractivity contribution is -0.117. The second-order valence-corrected chi connectivity index (χ2v) is 6.01. The molecule has 26 heavy (non-hydrogen) atoms. The van der Waals surface area contributed by atoms with Gasteiger partial charge in [-0.1, -0.05) is 66.1 Å². The summed E-state index contributed by atoms with van der Waals surface area (Å²) in [6.07, 6.45) is 0.872. The number of aryl methyl sites for hydroxylation is 1. The van der Waals surface area contributed by atoms with Crippen LogP contribution in [0.25, 0.3) is 27.2 Å². The first kappa shape index (κ1) is 17.2. The fraction of sp³-hybridized carbons (Fsp3) is 0.0909. The van der Waals surface area contributed by atoms with E-state index in [1.165, 1.54) is 0 Å². The summed E-state index contributed by atoms with van der Waals surface area (Å²) in [5, 5.41) is 0. The van der Waals surface area contributed by atoms with E-state index < -0.39 is 0 Å². The van der Waals surface area contributed by atoms with Crippen molar-refractivity contribution < 1.29 is 4.79 Å². The largest absolute Gasteiger partial charge is 0.370 e. The highest BCUT2D eigenvalue weighted by Gasteiger charge is 2.10. The Morgan fingerprint density at radius 3 is 2.42 bits per heavy atom. The molecule has 0 unspecified atom stereocenters. The van der Waals surface area contributed by atoms with Crippen LogP contribution in [0.1, 0.15) is 12.0 Å². The first-order valence-electron chi connectivity index (χ1n) is 8.37. The van der Waals surface area contributed by atoms with Crippen LogP contribution in [0.15, 0.2) is 72.8 Å². The minimum Gasteiger partial charge on any atom is -0.370 e. The van der Waals surface area contributed by atoms with E-state index in [1.807, 2.05) is 42.5 Å². The third kappa shape index (κ3) is 4.08. The molecule has 0 radical (unpaired) electrons. The summed E-state index contributed by atoms with van der Waals surface area (Å²) in [6, 6.07) is 24.1. The predicted octanol–water partition coefficient (Wildman–Crippen LogP) is 4.68. The molecule has 3 aromatic carbocycles. The third-order valence-corrected chi connectivity index (χ3v) is 4.21. The van der Waals surface area contributed by atoms with Crippen molar-refractivity contribution in [1.82, 2.24) is 0 Å². The minimum atomic E-state index is -0.315. The fourth-order valence-electron chi connectivity index (χ4n) is 2.97. The second kappa shape index (κ2) is 8.00. The summed E-state index contributed by atoms with van der Waals surface area (Å²) in [4.78, 5) is 14.5. The maximum atomic E-state index is 11.3. The molecule has 4 nitrogen and oxygen atoms in total. The van der Waals surface area contributed by atoms with Gasteiger partial charge in [-0.25, -0.2) is 0 Å². The molecule has 3 N–H and O–H groups in total. The first-order valence-corrected chi connectivity index (χ1v) is 8.37. The monoisotopic (exact) mass is 341 g/mol. The van der Waals surface area contributed by atoms with Crippen molar-refractivity contribution in [2.75, 3.05) is 5.43 Å². The zero-order valence-electron chi connectivity index (χ0n) is 14.3. The van der Waals surface area contributed by atoms with Crippen molar-refractivity contribution in [3.63, 3.8) is 0 Å². The van der Waals surface area contributed by atoms with Gasteiger partial charge in [-0.15, -0.1) is 0 Å². The van der Waals surface area contributed by atoms with E-state index in [-0.39, 0.29) is 5.91 Å². The number of nitrogens with one attached hydrogen (secondary N) is 1. The quantitative estimate of drug-likeness (QED) is 0.505. The van der Waals surface area contributed by atoms with Crippen molar-refractivity contribution in [3.8, 4) is 22.3 Å². The van der Waals surface area contributed by atoms with Crippen LogP contribution < -0.4 is 11.2 Å². The van der Waals surface area contributed by atoms with Gasteiger partial charge in [-0.3, -0.25) is 4.79 Å². The van der Waals surface area contributed by atoms with Crippen molar-refractivity contribution in [2.24, 2.45) is 5.73 Å². The summed E-state index contributed by atoms with van der Waals surface area (Å²) >= 11 is 0. The highest BCUT2D eigenvalue weighted by Crippen LogP contribution is 2.31. The number of nitrogens with two attached hydrogens (primary N) is 1. The van der Waals surface area contributed by atoms with Gasteiger partial charge in [0, 0.05) is 6.42 Å². The van der Waals surface area contributed by atoms with E-state index in [2.05, 4.69) is 40.7 Å². The first-order chi connectivity index (χ1) is 12.7. The normalized spacial score (nSPS) is 10.1. The minimum absolute atomic E-state index is 0.297. The molecule has 0 saturated carbocycles. The van der Waals surface area contributed by atoms with E-state index in [0.29, 0.717) is 12.8 Å². The van der Waals surface area contributed by atoms with Crippen LogP contribution in [-0.4, -0.2) is 5.91 Å². The zero-order valence-corrected chi connectivity index (χ0v) is 14.3. The highest BCUT2D eigenvalue weighted by molar-refractivity contribution is 5.78. The molecule has 0 fully saturated rings. The van der Waals surface area contributed by atoms with Gasteiger partial charge >= 0.3 is 0 Å². The van der Waals surface area contributed by atoms with E-state index in [9.17, 15) is 4.79 Å². The number of benzene rings is 3. The standard InChI is InChI=1S/C22H19N3O/c1-24-25-20-9-5-8-18(15-20)21-12-10-17(16-6-3-2-4-7-16)14-19(21)11-13-22(23)26/h2-10,12,14-15,25H,11,13H2,(H2,23,26). The fourth-order valence-corrected chi connectivity index (χ4v) is 2.97. The van der Waals surface area contributed by atoms with Crippen molar-refractivity contribution in [1.29, 1.82) is 0 Å². The lowest BCUT2D eigenvalue weighted by Gasteiger charge is -2.13. The van der Waals surface area contributed by atoms with Gasteiger partial charge in [0.1, 0.15) is 5.69 Å². The Hall–Kier alpha value is -3.58. The van der Waals surface area contributed by atoms with Crippen LogP contribution in [0.3, 0.4) is 0 Å². The summed E-state index contributed by atoms with van der Waals surface area (Å²) in [7, 11) is 0. The maximum absolute atomic E-state index is 11.3. The number of anilines is 1. The number of hydrogen-bond acceptors (Lipinski definition) is 2. The molecule has 0 aliphatic heterocycles. The van der Waals surface area contributed by atoms with Gasteiger partial charge < -0.3 is 5.73 Å². The van der Waals surface area contributed by atoms with E-state index in [1.54, 1.807) is 0 Å². The highest BCUT2D eigenvalue weighted by atomic mass is 16.1. The molecule has 0 saturated heterocycles. The molecule has 4 heteroatoms. The summed E-state index contributed by atoms with van der Waals surface area (Å²) in [5.74, 6) is -0.315. The molecule has 0 aliphatic rings. The van der Waals surface area contributed by atoms with Gasteiger partial charge in [-0.2, -0.15) is 11.5 Å². The van der Waals surface area contributed by atoms with Crippen molar-refractivity contribution in [3.05, 3.63) is 89.9 Å². The Bertz CT molecular complexity index is 959. The van der Waals surface area contributed by atoms with Gasteiger partial charge in [0.05, 0.1) is 0 Å². The van der Waals surface area contributed by atoms with Gasteiger partial charge in [-0.05, 0) is 46.4 Å². The van der Waals surface area contributed by atoms with Crippen LogP contribution >= 0.6 is 0 Å². The molecule has 3 rings (SSSR count). The molecule has 0 spiro atoms. The number of amides is 1.